The predicted octanol–water partition coefficient (Wildman–Crippen LogP) is 4.73. The van der Waals surface area contributed by atoms with Crippen molar-refractivity contribution in [3.63, 3.8) is 0 Å². The molecule has 0 unspecified atom stereocenters. The van der Waals surface area contributed by atoms with Crippen LogP contribution in [0.1, 0.15) is 48.1 Å². The number of hydrogen-bond acceptors (Lipinski definition) is 5. The Labute approximate surface area is 188 Å². The van der Waals surface area contributed by atoms with E-state index in [0.717, 1.165) is 35.3 Å². The molecule has 1 N–H and O–H groups in total. The summed E-state index contributed by atoms with van der Waals surface area (Å²) in [5, 5.41) is 12.3. The van der Waals surface area contributed by atoms with Crippen LogP contribution in [-0.4, -0.2) is 27.7 Å². The van der Waals surface area contributed by atoms with Crippen molar-refractivity contribution in [3.8, 4) is 5.75 Å². The van der Waals surface area contributed by atoms with E-state index in [1.165, 1.54) is 5.56 Å². The van der Waals surface area contributed by atoms with Gasteiger partial charge in [0, 0.05) is 24.9 Å². The molecule has 0 bridgehead atoms. The van der Waals surface area contributed by atoms with Crippen LogP contribution in [0.3, 0.4) is 0 Å². The molecule has 164 valence electrons. The van der Waals surface area contributed by atoms with Crippen LogP contribution in [0, 0.1) is 5.92 Å². The molecule has 0 saturated heterocycles. The minimum Gasteiger partial charge on any atom is -0.486 e. The molecule has 7 heteroatoms. The highest BCUT2D eigenvalue weighted by atomic mass is 32.2. The fourth-order valence-electron chi connectivity index (χ4n) is 3.14. The largest absolute Gasteiger partial charge is 0.486 e. The van der Waals surface area contributed by atoms with Crippen LogP contribution < -0.4 is 10.1 Å². The van der Waals surface area contributed by atoms with Crippen molar-refractivity contribution in [1.82, 2.24) is 20.1 Å². The Kier molecular flexibility index (Phi) is 8.12. The van der Waals surface area contributed by atoms with E-state index in [1.807, 2.05) is 36.4 Å². The van der Waals surface area contributed by atoms with Crippen LogP contribution in [0.25, 0.3) is 0 Å². The molecule has 0 saturated carbocycles. The van der Waals surface area contributed by atoms with Crippen molar-refractivity contribution in [2.45, 2.75) is 51.3 Å². The normalized spacial score (nSPS) is 11.0. The molecule has 0 aliphatic heterocycles. The molecule has 0 aliphatic rings. The number of carbonyl (C=O) groups excluding carboxylic acids is 1. The summed E-state index contributed by atoms with van der Waals surface area (Å²) >= 11 is 1.62. The van der Waals surface area contributed by atoms with Gasteiger partial charge in [0.1, 0.15) is 12.4 Å². The zero-order chi connectivity index (χ0) is 22.2. The number of rotatable bonds is 10. The van der Waals surface area contributed by atoms with E-state index >= 15 is 0 Å². The number of thioether (sulfide) groups is 1. The number of benzene rings is 2. The van der Waals surface area contributed by atoms with Crippen LogP contribution in [0.2, 0.25) is 0 Å². The molecule has 6 nitrogen and oxygen atoms in total. The lowest BCUT2D eigenvalue weighted by atomic mass is 10.1. The van der Waals surface area contributed by atoms with Crippen LogP contribution in [0.5, 0.6) is 5.75 Å². The third kappa shape index (κ3) is 6.34. The molecule has 3 aromatic rings. The Balaban J connectivity index is 1.70. The summed E-state index contributed by atoms with van der Waals surface area (Å²) in [5.74, 6) is 2.72. The SMILES string of the molecule is CCc1ccc(OCc2nnc(SCc3cccc(C(=O)NC)c3)n2CC(C)C)cc1. The van der Waals surface area contributed by atoms with Crippen molar-refractivity contribution in [2.24, 2.45) is 5.92 Å². The number of nitrogens with one attached hydrogen (secondary N) is 1. The average molecular weight is 439 g/mol. The first-order chi connectivity index (χ1) is 15.0. The number of nitrogens with zero attached hydrogens (tertiary/aromatic N) is 3. The Morgan fingerprint density at radius 3 is 2.58 bits per heavy atom. The van der Waals surface area contributed by atoms with Gasteiger partial charge in [0.05, 0.1) is 0 Å². The Morgan fingerprint density at radius 1 is 1.13 bits per heavy atom. The number of carbonyl (C=O) groups is 1. The lowest BCUT2D eigenvalue weighted by Crippen LogP contribution is -2.17. The maximum atomic E-state index is 11.9. The van der Waals surface area contributed by atoms with Gasteiger partial charge in [-0.3, -0.25) is 4.79 Å². The average Bonchev–Trinajstić information content (AvgIpc) is 3.16. The van der Waals surface area contributed by atoms with E-state index in [1.54, 1.807) is 18.8 Å². The fraction of sp³-hybridized carbons (Fsp3) is 0.375. The van der Waals surface area contributed by atoms with E-state index in [2.05, 4.69) is 53.0 Å². The van der Waals surface area contributed by atoms with Crippen LogP contribution >= 0.6 is 11.8 Å². The Morgan fingerprint density at radius 2 is 1.90 bits per heavy atom. The molecule has 3 rings (SSSR count). The number of amides is 1. The molecule has 0 aliphatic carbocycles. The third-order valence-corrected chi connectivity index (χ3v) is 5.86. The number of aromatic nitrogens is 3. The topological polar surface area (TPSA) is 69.0 Å². The molecule has 1 heterocycles. The van der Waals surface area contributed by atoms with Gasteiger partial charge in [-0.05, 0) is 47.7 Å². The van der Waals surface area contributed by atoms with E-state index in [0.29, 0.717) is 23.8 Å². The summed E-state index contributed by atoms with van der Waals surface area (Å²) in [4.78, 5) is 11.9. The number of aryl methyl sites for hydroxylation is 1. The molecule has 0 radical (unpaired) electrons. The van der Waals surface area contributed by atoms with E-state index in [9.17, 15) is 4.79 Å². The molecular formula is C24H30N4O2S. The summed E-state index contributed by atoms with van der Waals surface area (Å²) in [7, 11) is 1.64. The highest BCUT2D eigenvalue weighted by Gasteiger charge is 2.15. The molecule has 2 aromatic carbocycles. The standard InChI is InChI=1S/C24H30N4O2S/c1-5-18-9-11-21(12-10-18)30-15-22-26-27-24(28(22)14-17(2)3)31-16-19-7-6-8-20(13-19)23(29)25-4/h6-13,17H,5,14-16H2,1-4H3,(H,25,29). The van der Waals surface area contributed by atoms with Crippen LogP contribution in [-0.2, 0) is 25.3 Å². The zero-order valence-corrected chi connectivity index (χ0v) is 19.4. The summed E-state index contributed by atoms with van der Waals surface area (Å²) in [5.41, 5.74) is 3.01. The highest BCUT2D eigenvalue weighted by Crippen LogP contribution is 2.24. The summed E-state index contributed by atoms with van der Waals surface area (Å²) in [6.45, 7) is 7.68. The van der Waals surface area contributed by atoms with E-state index in [-0.39, 0.29) is 5.91 Å². The molecule has 1 amide bonds. The monoisotopic (exact) mass is 438 g/mol. The fourth-order valence-corrected chi connectivity index (χ4v) is 4.05. The maximum absolute atomic E-state index is 11.9. The molecular weight excluding hydrogens is 408 g/mol. The van der Waals surface area contributed by atoms with Gasteiger partial charge < -0.3 is 14.6 Å². The van der Waals surface area contributed by atoms with E-state index in [4.69, 9.17) is 4.74 Å². The molecule has 0 fully saturated rings. The van der Waals surface area contributed by atoms with Gasteiger partial charge in [-0.1, -0.05) is 56.8 Å². The van der Waals surface area contributed by atoms with Crippen molar-refractivity contribution < 1.29 is 9.53 Å². The quantitative estimate of drug-likeness (QED) is 0.464. The van der Waals surface area contributed by atoms with Crippen LogP contribution in [0.4, 0.5) is 0 Å². The van der Waals surface area contributed by atoms with Gasteiger partial charge in [0.15, 0.2) is 11.0 Å². The number of ether oxygens (including phenoxy) is 1. The van der Waals surface area contributed by atoms with E-state index < -0.39 is 0 Å². The van der Waals surface area contributed by atoms with Crippen molar-refractivity contribution >= 4 is 17.7 Å². The smallest absolute Gasteiger partial charge is 0.251 e. The Bertz CT molecular complexity index is 999. The summed E-state index contributed by atoms with van der Waals surface area (Å²) < 4.78 is 8.10. The van der Waals surface area contributed by atoms with Crippen molar-refractivity contribution in [2.75, 3.05) is 7.05 Å². The van der Waals surface area contributed by atoms with Crippen LogP contribution in [0.15, 0.2) is 53.7 Å². The third-order valence-electron chi connectivity index (χ3n) is 4.82. The van der Waals surface area contributed by atoms with Gasteiger partial charge in [-0.25, -0.2) is 0 Å². The lowest BCUT2D eigenvalue weighted by molar-refractivity contribution is 0.0963. The first kappa shape index (κ1) is 22.9. The molecule has 31 heavy (non-hydrogen) atoms. The van der Waals surface area contributed by atoms with Crippen molar-refractivity contribution in [3.05, 3.63) is 71.0 Å². The maximum Gasteiger partial charge on any atom is 0.251 e. The predicted molar refractivity (Wildman–Crippen MR) is 124 cm³/mol. The number of hydrogen-bond donors (Lipinski definition) is 1. The second-order valence-electron chi connectivity index (χ2n) is 7.76. The minimum absolute atomic E-state index is 0.0822. The summed E-state index contributed by atoms with van der Waals surface area (Å²) in [6, 6.07) is 15.8. The molecule has 0 spiro atoms. The summed E-state index contributed by atoms with van der Waals surface area (Å²) in [6.07, 6.45) is 1.01. The van der Waals surface area contributed by atoms with Gasteiger partial charge in [0.25, 0.3) is 5.91 Å². The lowest BCUT2D eigenvalue weighted by Gasteiger charge is -2.13. The van der Waals surface area contributed by atoms with Crippen molar-refractivity contribution in [1.29, 1.82) is 0 Å². The minimum atomic E-state index is -0.0822. The first-order valence-corrected chi connectivity index (χ1v) is 11.6. The van der Waals surface area contributed by atoms with Gasteiger partial charge in [-0.15, -0.1) is 10.2 Å². The van der Waals surface area contributed by atoms with Gasteiger partial charge >= 0.3 is 0 Å². The van der Waals surface area contributed by atoms with Gasteiger partial charge in [-0.2, -0.15) is 0 Å². The second-order valence-corrected chi connectivity index (χ2v) is 8.70. The van der Waals surface area contributed by atoms with Gasteiger partial charge in [0.2, 0.25) is 0 Å². The highest BCUT2D eigenvalue weighted by molar-refractivity contribution is 7.98. The zero-order valence-electron chi connectivity index (χ0n) is 18.6. The molecule has 1 aromatic heterocycles. The second kappa shape index (κ2) is 11.0. The molecule has 0 atom stereocenters. The Hall–Kier alpha value is -2.80. The first-order valence-electron chi connectivity index (χ1n) is 10.6.